The summed E-state index contributed by atoms with van der Waals surface area (Å²) in [4.78, 5) is 11.5. The van der Waals surface area contributed by atoms with Crippen molar-refractivity contribution in [3.05, 3.63) is 35.4 Å². The first-order valence-corrected chi connectivity index (χ1v) is 6.43. The first kappa shape index (κ1) is 11.7. The molecule has 0 bridgehead atoms. The Balaban J connectivity index is 3.01. The zero-order chi connectivity index (χ0) is 11.5. The van der Waals surface area contributed by atoms with Gasteiger partial charge in [-0.25, -0.2) is 13.1 Å². The minimum atomic E-state index is -3.50. The van der Waals surface area contributed by atoms with E-state index in [0.29, 0.717) is 12.0 Å². The van der Waals surface area contributed by atoms with Gasteiger partial charge < -0.3 is 0 Å². The van der Waals surface area contributed by atoms with E-state index in [9.17, 15) is 13.2 Å². The van der Waals surface area contributed by atoms with Crippen molar-refractivity contribution in [1.29, 1.82) is 0 Å². The lowest BCUT2D eigenvalue weighted by molar-refractivity contribution is 0.0981. The molecule has 1 aromatic carbocycles. The quantitative estimate of drug-likeness (QED) is 0.835. The molecule has 0 spiro atoms. The van der Waals surface area contributed by atoms with E-state index in [1.165, 1.54) is 0 Å². The van der Waals surface area contributed by atoms with Gasteiger partial charge in [-0.3, -0.25) is 4.79 Å². The molecular weight excluding hydrogens is 214 g/mol. The van der Waals surface area contributed by atoms with E-state index in [4.69, 9.17) is 0 Å². The lowest BCUT2D eigenvalue weighted by Crippen LogP contribution is -2.30. The molecule has 0 aliphatic rings. The van der Waals surface area contributed by atoms with Gasteiger partial charge in [-0.2, -0.15) is 0 Å². The predicted molar refractivity (Wildman–Crippen MR) is 58.1 cm³/mol. The fourth-order valence-corrected chi connectivity index (χ4v) is 1.72. The molecule has 0 aliphatic carbocycles. The average molecular weight is 227 g/mol. The molecule has 0 aromatic heterocycles. The third kappa shape index (κ3) is 3.36. The van der Waals surface area contributed by atoms with Gasteiger partial charge in [-0.15, -0.1) is 0 Å². The van der Waals surface area contributed by atoms with Crippen LogP contribution in [-0.2, 0) is 16.4 Å². The zero-order valence-corrected chi connectivity index (χ0v) is 9.47. The first-order chi connectivity index (χ1) is 6.94. The van der Waals surface area contributed by atoms with Crippen LogP contribution in [0, 0.1) is 0 Å². The van der Waals surface area contributed by atoms with Gasteiger partial charge in [0.15, 0.2) is 0 Å². The Labute approximate surface area is 89.4 Å². The monoisotopic (exact) mass is 227 g/mol. The van der Waals surface area contributed by atoms with Crippen molar-refractivity contribution < 1.29 is 13.2 Å². The van der Waals surface area contributed by atoms with Crippen molar-refractivity contribution >= 4 is 15.9 Å². The van der Waals surface area contributed by atoms with Crippen LogP contribution in [0.5, 0.6) is 0 Å². The van der Waals surface area contributed by atoms with E-state index >= 15 is 0 Å². The molecule has 0 radical (unpaired) electrons. The van der Waals surface area contributed by atoms with Crippen LogP contribution in [-0.4, -0.2) is 20.6 Å². The molecule has 1 amide bonds. The lowest BCUT2D eigenvalue weighted by atomic mass is 10.1. The third-order valence-electron chi connectivity index (χ3n) is 1.92. The molecule has 0 atom stereocenters. The molecule has 1 aromatic rings. The lowest BCUT2D eigenvalue weighted by Gasteiger charge is -2.06. The van der Waals surface area contributed by atoms with Crippen LogP contribution in [0.15, 0.2) is 24.3 Å². The standard InChI is InChI=1S/C10H13NO3S/c1-3-8-6-4-5-7-9(8)10(12)11-15(2,13)14/h4-7H,3H2,1-2H3,(H,11,12). The topological polar surface area (TPSA) is 63.2 Å². The van der Waals surface area contributed by atoms with Crippen LogP contribution in [0.25, 0.3) is 0 Å². The van der Waals surface area contributed by atoms with Crippen molar-refractivity contribution in [2.45, 2.75) is 13.3 Å². The number of amides is 1. The highest BCUT2D eigenvalue weighted by Crippen LogP contribution is 2.09. The fourth-order valence-electron chi connectivity index (χ4n) is 1.27. The van der Waals surface area contributed by atoms with Crippen LogP contribution in [0.1, 0.15) is 22.8 Å². The molecule has 5 heteroatoms. The molecular formula is C10H13NO3S. The highest BCUT2D eigenvalue weighted by molar-refractivity contribution is 7.89. The Morgan fingerprint density at radius 2 is 1.93 bits per heavy atom. The molecule has 1 rings (SSSR count). The third-order valence-corrected chi connectivity index (χ3v) is 2.48. The van der Waals surface area contributed by atoms with Gasteiger partial charge in [0.2, 0.25) is 10.0 Å². The summed E-state index contributed by atoms with van der Waals surface area (Å²) in [6.07, 6.45) is 1.65. The largest absolute Gasteiger partial charge is 0.268 e. The van der Waals surface area contributed by atoms with Gasteiger partial charge in [0, 0.05) is 5.56 Å². The molecule has 15 heavy (non-hydrogen) atoms. The molecule has 1 N–H and O–H groups in total. The SMILES string of the molecule is CCc1ccccc1C(=O)NS(C)(=O)=O. The van der Waals surface area contributed by atoms with E-state index in [2.05, 4.69) is 0 Å². The summed E-state index contributed by atoms with van der Waals surface area (Å²) in [6.45, 7) is 1.91. The number of hydrogen-bond donors (Lipinski definition) is 1. The summed E-state index contributed by atoms with van der Waals surface area (Å²) in [7, 11) is -3.50. The number of carbonyl (C=O) groups is 1. The summed E-state index contributed by atoms with van der Waals surface area (Å²) in [6, 6.07) is 6.93. The van der Waals surface area contributed by atoms with Crippen molar-refractivity contribution in [2.24, 2.45) is 0 Å². The summed E-state index contributed by atoms with van der Waals surface area (Å²) in [5.41, 5.74) is 1.24. The van der Waals surface area contributed by atoms with Crippen molar-refractivity contribution in [2.75, 3.05) is 6.26 Å². The Hall–Kier alpha value is -1.36. The van der Waals surface area contributed by atoms with E-state index in [1.807, 2.05) is 17.7 Å². The number of rotatable bonds is 3. The zero-order valence-electron chi connectivity index (χ0n) is 8.65. The van der Waals surface area contributed by atoms with Gasteiger partial charge in [-0.1, -0.05) is 25.1 Å². The number of carbonyl (C=O) groups excluding carboxylic acids is 1. The summed E-state index contributed by atoms with van der Waals surface area (Å²) >= 11 is 0. The van der Waals surface area contributed by atoms with Gasteiger partial charge in [0.1, 0.15) is 0 Å². The Bertz CT molecular complexity index is 465. The molecule has 0 heterocycles. The highest BCUT2D eigenvalue weighted by Gasteiger charge is 2.13. The minimum absolute atomic E-state index is 0.408. The average Bonchev–Trinajstić information content (AvgIpc) is 2.15. The van der Waals surface area contributed by atoms with E-state index < -0.39 is 15.9 Å². The maximum Gasteiger partial charge on any atom is 0.264 e. The summed E-state index contributed by atoms with van der Waals surface area (Å²) in [5, 5.41) is 0. The molecule has 0 saturated heterocycles. The second-order valence-electron chi connectivity index (χ2n) is 3.21. The van der Waals surface area contributed by atoms with E-state index in [1.54, 1.807) is 18.2 Å². The van der Waals surface area contributed by atoms with Crippen molar-refractivity contribution in [1.82, 2.24) is 4.72 Å². The van der Waals surface area contributed by atoms with E-state index in [0.717, 1.165) is 11.8 Å². The maximum atomic E-state index is 11.5. The molecule has 4 nitrogen and oxygen atoms in total. The smallest absolute Gasteiger partial charge is 0.264 e. The second kappa shape index (κ2) is 4.44. The summed E-state index contributed by atoms with van der Waals surface area (Å²) in [5.74, 6) is -0.574. The molecule has 0 aliphatic heterocycles. The van der Waals surface area contributed by atoms with Gasteiger partial charge in [-0.05, 0) is 18.1 Å². The van der Waals surface area contributed by atoms with Gasteiger partial charge >= 0.3 is 0 Å². The Kier molecular flexibility index (Phi) is 3.47. The van der Waals surface area contributed by atoms with Crippen molar-refractivity contribution in [3.8, 4) is 0 Å². The molecule has 82 valence electrons. The fraction of sp³-hybridized carbons (Fsp3) is 0.300. The minimum Gasteiger partial charge on any atom is -0.268 e. The Morgan fingerprint density at radius 1 is 1.33 bits per heavy atom. The number of hydrogen-bond acceptors (Lipinski definition) is 3. The predicted octanol–water partition coefficient (Wildman–Crippen LogP) is 0.938. The van der Waals surface area contributed by atoms with Crippen LogP contribution >= 0.6 is 0 Å². The Morgan fingerprint density at radius 3 is 2.47 bits per heavy atom. The number of benzene rings is 1. The molecule has 0 fully saturated rings. The number of sulfonamides is 1. The van der Waals surface area contributed by atoms with Crippen LogP contribution < -0.4 is 4.72 Å². The molecule has 0 saturated carbocycles. The molecule has 0 unspecified atom stereocenters. The maximum absolute atomic E-state index is 11.5. The van der Waals surface area contributed by atoms with Crippen molar-refractivity contribution in [3.63, 3.8) is 0 Å². The number of nitrogens with one attached hydrogen (secondary N) is 1. The van der Waals surface area contributed by atoms with E-state index in [-0.39, 0.29) is 0 Å². The first-order valence-electron chi connectivity index (χ1n) is 4.54. The number of aryl methyl sites for hydroxylation is 1. The summed E-state index contributed by atoms with van der Waals surface area (Å²) < 4.78 is 23.7. The van der Waals surface area contributed by atoms with Gasteiger partial charge in [0.05, 0.1) is 6.26 Å². The van der Waals surface area contributed by atoms with Crippen LogP contribution in [0.3, 0.4) is 0 Å². The van der Waals surface area contributed by atoms with Crippen LogP contribution in [0.4, 0.5) is 0 Å². The second-order valence-corrected chi connectivity index (χ2v) is 4.96. The normalized spacial score (nSPS) is 11.1. The highest BCUT2D eigenvalue weighted by atomic mass is 32.2. The van der Waals surface area contributed by atoms with Gasteiger partial charge in [0.25, 0.3) is 5.91 Å². The van der Waals surface area contributed by atoms with Crippen LogP contribution in [0.2, 0.25) is 0 Å².